The fourth-order valence-electron chi connectivity index (χ4n) is 1.96. The molecule has 0 aromatic rings. The highest BCUT2D eigenvalue weighted by Crippen LogP contribution is 2.20. The molecule has 1 amide bonds. The van der Waals surface area contributed by atoms with Crippen molar-refractivity contribution >= 4 is 12.1 Å². The van der Waals surface area contributed by atoms with Crippen LogP contribution >= 0.6 is 0 Å². The van der Waals surface area contributed by atoms with Gasteiger partial charge in [0.05, 0.1) is 12.6 Å². The third-order valence-corrected chi connectivity index (χ3v) is 2.74. The number of hydrogen-bond donors (Lipinski definition) is 2. The Kier molecular flexibility index (Phi) is 4.81. The summed E-state index contributed by atoms with van der Waals surface area (Å²) in [5.74, 6) is 0.0599. The van der Waals surface area contributed by atoms with Gasteiger partial charge in [0.15, 0.2) is 5.96 Å². The Morgan fingerprint density at radius 2 is 2.06 bits per heavy atom. The van der Waals surface area contributed by atoms with Crippen LogP contribution in [0.3, 0.4) is 0 Å². The van der Waals surface area contributed by atoms with Gasteiger partial charge in [-0.3, -0.25) is 4.99 Å². The van der Waals surface area contributed by atoms with Crippen molar-refractivity contribution in [2.24, 2.45) is 16.5 Å². The highest BCUT2D eigenvalue weighted by Gasteiger charge is 2.30. The van der Waals surface area contributed by atoms with Crippen molar-refractivity contribution in [3.05, 3.63) is 0 Å². The molecule has 1 unspecified atom stereocenters. The van der Waals surface area contributed by atoms with Crippen molar-refractivity contribution in [3.8, 4) is 0 Å². The topological polar surface area (TPSA) is 93.9 Å². The molecule has 1 aliphatic rings. The third-order valence-electron chi connectivity index (χ3n) is 2.74. The number of likely N-dealkylation sites (tertiary alicyclic amines) is 1. The first-order valence-electron chi connectivity index (χ1n) is 6.34. The number of amides is 1. The second-order valence-electron chi connectivity index (χ2n) is 5.59. The van der Waals surface area contributed by atoms with Crippen molar-refractivity contribution in [1.29, 1.82) is 0 Å². The first-order chi connectivity index (χ1) is 8.29. The van der Waals surface area contributed by atoms with Gasteiger partial charge >= 0.3 is 6.09 Å². The zero-order valence-electron chi connectivity index (χ0n) is 11.5. The van der Waals surface area contributed by atoms with Gasteiger partial charge < -0.3 is 21.1 Å². The van der Waals surface area contributed by atoms with Gasteiger partial charge in [-0.05, 0) is 40.0 Å². The quantitative estimate of drug-likeness (QED) is 0.570. The summed E-state index contributed by atoms with van der Waals surface area (Å²) in [5, 5.41) is 0. The number of guanidine groups is 1. The Balaban J connectivity index is 2.64. The normalized spacial score (nSPS) is 20.4. The summed E-state index contributed by atoms with van der Waals surface area (Å²) in [7, 11) is 0. The zero-order valence-corrected chi connectivity index (χ0v) is 11.5. The number of piperidine rings is 1. The standard InChI is InChI=1S/C12H24N4O2/c1-12(2,3)18-11(17)16-7-5-4-6-9(16)8-15-10(13)14/h9H,4-8H2,1-3H3,(H4,13,14,15). The Bertz CT molecular complexity index is 319. The molecule has 1 atom stereocenters. The summed E-state index contributed by atoms with van der Waals surface area (Å²) < 4.78 is 5.39. The van der Waals surface area contributed by atoms with Gasteiger partial charge in [-0.2, -0.15) is 0 Å². The largest absolute Gasteiger partial charge is 0.444 e. The van der Waals surface area contributed by atoms with Gasteiger partial charge in [0, 0.05) is 6.54 Å². The van der Waals surface area contributed by atoms with Crippen LogP contribution in [0.1, 0.15) is 40.0 Å². The third kappa shape index (κ3) is 4.81. The summed E-state index contributed by atoms with van der Waals surface area (Å²) >= 11 is 0. The van der Waals surface area contributed by atoms with E-state index < -0.39 is 5.60 Å². The van der Waals surface area contributed by atoms with E-state index in [9.17, 15) is 4.79 Å². The molecule has 1 aliphatic heterocycles. The number of carbonyl (C=O) groups excluding carboxylic acids is 1. The first kappa shape index (κ1) is 14.6. The minimum Gasteiger partial charge on any atom is -0.444 e. The van der Waals surface area contributed by atoms with Crippen LogP contribution < -0.4 is 11.5 Å². The molecule has 1 rings (SSSR count). The number of nitrogens with two attached hydrogens (primary N) is 2. The van der Waals surface area contributed by atoms with Gasteiger partial charge in [0.25, 0.3) is 0 Å². The lowest BCUT2D eigenvalue weighted by Gasteiger charge is -2.36. The van der Waals surface area contributed by atoms with Crippen molar-refractivity contribution in [2.75, 3.05) is 13.1 Å². The molecule has 0 bridgehead atoms. The van der Waals surface area contributed by atoms with Gasteiger partial charge in [-0.15, -0.1) is 0 Å². The first-order valence-corrected chi connectivity index (χ1v) is 6.34. The van der Waals surface area contributed by atoms with Crippen LogP contribution in [0.5, 0.6) is 0 Å². The van der Waals surface area contributed by atoms with E-state index in [4.69, 9.17) is 16.2 Å². The summed E-state index contributed by atoms with van der Waals surface area (Å²) in [5.41, 5.74) is 10.2. The maximum atomic E-state index is 12.1. The highest BCUT2D eigenvalue weighted by atomic mass is 16.6. The van der Waals surface area contributed by atoms with Gasteiger partial charge in [0.1, 0.15) is 5.60 Å². The average Bonchev–Trinajstić information content (AvgIpc) is 2.24. The second kappa shape index (κ2) is 5.93. The van der Waals surface area contributed by atoms with Crippen LogP contribution in [0.25, 0.3) is 0 Å². The molecule has 1 heterocycles. The van der Waals surface area contributed by atoms with Gasteiger partial charge in [0.2, 0.25) is 0 Å². The maximum absolute atomic E-state index is 12.1. The van der Waals surface area contributed by atoms with E-state index >= 15 is 0 Å². The van der Waals surface area contributed by atoms with E-state index in [1.807, 2.05) is 20.8 Å². The summed E-state index contributed by atoms with van der Waals surface area (Å²) in [6.45, 7) is 6.74. The summed E-state index contributed by atoms with van der Waals surface area (Å²) in [6, 6.07) is 0.0377. The Labute approximate surface area is 108 Å². The molecule has 1 fully saturated rings. The lowest BCUT2D eigenvalue weighted by Crippen LogP contribution is -2.47. The van der Waals surface area contributed by atoms with Crippen LogP contribution in [0.2, 0.25) is 0 Å². The molecule has 104 valence electrons. The zero-order chi connectivity index (χ0) is 13.8. The number of carbonyl (C=O) groups is 1. The molecular weight excluding hydrogens is 232 g/mol. The Morgan fingerprint density at radius 3 is 2.61 bits per heavy atom. The molecule has 0 aliphatic carbocycles. The minimum absolute atomic E-state index is 0.0377. The fraction of sp³-hybridized carbons (Fsp3) is 0.833. The van der Waals surface area contributed by atoms with E-state index in [2.05, 4.69) is 4.99 Å². The molecule has 18 heavy (non-hydrogen) atoms. The number of hydrogen-bond acceptors (Lipinski definition) is 3. The molecule has 1 saturated heterocycles. The number of nitrogens with zero attached hydrogens (tertiary/aromatic N) is 2. The van der Waals surface area contributed by atoms with E-state index in [-0.39, 0.29) is 18.1 Å². The molecule has 0 aromatic carbocycles. The van der Waals surface area contributed by atoms with Crippen molar-refractivity contribution in [3.63, 3.8) is 0 Å². The predicted octanol–water partition coefficient (Wildman–Crippen LogP) is 1.05. The Morgan fingerprint density at radius 1 is 1.39 bits per heavy atom. The summed E-state index contributed by atoms with van der Waals surface area (Å²) in [6.07, 6.45) is 2.72. The predicted molar refractivity (Wildman–Crippen MR) is 71.3 cm³/mol. The van der Waals surface area contributed by atoms with E-state index in [1.54, 1.807) is 4.90 Å². The SMILES string of the molecule is CC(C)(C)OC(=O)N1CCCCC1CN=C(N)N. The van der Waals surface area contributed by atoms with Crippen LogP contribution in [-0.4, -0.2) is 41.7 Å². The molecule has 0 spiro atoms. The minimum atomic E-state index is -0.477. The number of rotatable bonds is 2. The van der Waals surface area contributed by atoms with Crippen molar-refractivity contribution in [1.82, 2.24) is 4.90 Å². The van der Waals surface area contributed by atoms with Crippen molar-refractivity contribution in [2.45, 2.75) is 51.7 Å². The lowest BCUT2D eigenvalue weighted by atomic mass is 10.0. The number of ether oxygens (including phenoxy) is 1. The summed E-state index contributed by atoms with van der Waals surface area (Å²) in [4.78, 5) is 17.8. The van der Waals surface area contributed by atoms with Crippen LogP contribution in [-0.2, 0) is 4.74 Å². The molecule has 0 saturated carbocycles. The molecule has 0 radical (unpaired) electrons. The van der Waals surface area contributed by atoms with Crippen LogP contribution in [0.4, 0.5) is 4.79 Å². The molecule has 4 N–H and O–H groups in total. The smallest absolute Gasteiger partial charge is 0.410 e. The molecule has 6 nitrogen and oxygen atoms in total. The van der Waals surface area contributed by atoms with E-state index in [0.29, 0.717) is 13.1 Å². The average molecular weight is 256 g/mol. The maximum Gasteiger partial charge on any atom is 0.410 e. The van der Waals surface area contributed by atoms with E-state index in [1.165, 1.54) is 0 Å². The van der Waals surface area contributed by atoms with Gasteiger partial charge in [-0.1, -0.05) is 0 Å². The van der Waals surface area contributed by atoms with Crippen molar-refractivity contribution < 1.29 is 9.53 Å². The number of aliphatic imine (C=N–C) groups is 1. The van der Waals surface area contributed by atoms with Crippen LogP contribution in [0, 0.1) is 0 Å². The highest BCUT2D eigenvalue weighted by molar-refractivity contribution is 5.75. The van der Waals surface area contributed by atoms with Gasteiger partial charge in [-0.25, -0.2) is 4.79 Å². The van der Waals surface area contributed by atoms with Crippen LogP contribution in [0.15, 0.2) is 4.99 Å². The molecular formula is C12H24N4O2. The Hall–Kier alpha value is -1.46. The fourth-order valence-corrected chi connectivity index (χ4v) is 1.96. The van der Waals surface area contributed by atoms with E-state index in [0.717, 1.165) is 19.3 Å². The second-order valence-corrected chi connectivity index (χ2v) is 5.59. The molecule has 6 heteroatoms. The molecule has 0 aromatic heterocycles. The monoisotopic (exact) mass is 256 g/mol. The lowest BCUT2D eigenvalue weighted by molar-refractivity contribution is 0.0110.